The van der Waals surface area contributed by atoms with Crippen molar-refractivity contribution < 1.29 is 13.2 Å². The molecule has 0 spiro atoms. The molecule has 1 aliphatic heterocycles. The maximum Gasteiger partial charge on any atom is 0.284 e. The molecule has 2 heterocycles. The van der Waals surface area contributed by atoms with Crippen molar-refractivity contribution in [2.45, 2.75) is 11.8 Å². The number of carbonyl (C=O) groups excluding carboxylic acids is 1. The molecule has 0 unspecified atom stereocenters. The zero-order valence-electron chi connectivity index (χ0n) is 16.7. The molecule has 31 heavy (non-hydrogen) atoms. The van der Waals surface area contributed by atoms with Gasteiger partial charge in [-0.1, -0.05) is 48.0 Å². The van der Waals surface area contributed by atoms with Crippen molar-refractivity contribution in [3.63, 3.8) is 0 Å². The van der Waals surface area contributed by atoms with Crippen molar-refractivity contribution in [1.29, 1.82) is 0 Å². The number of amides is 1. The molecular weight excluding hydrogens is 430 g/mol. The molecule has 2 aromatic carbocycles. The van der Waals surface area contributed by atoms with Crippen molar-refractivity contribution in [3.8, 4) is 0 Å². The van der Waals surface area contributed by atoms with Gasteiger partial charge in [-0.05, 0) is 49.0 Å². The van der Waals surface area contributed by atoms with Gasteiger partial charge in [0.25, 0.3) is 15.9 Å². The number of sulfonamides is 1. The minimum Gasteiger partial charge on any atom is -0.282 e. The number of carbonyl (C=O) groups is 1. The minimum atomic E-state index is -3.96. The molecule has 1 saturated heterocycles. The van der Waals surface area contributed by atoms with Crippen LogP contribution in [0.4, 0.5) is 0 Å². The van der Waals surface area contributed by atoms with Gasteiger partial charge < -0.3 is 0 Å². The van der Waals surface area contributed by atoms with Gasteiger partial charge in [0, 0.05) is 11.9 Å². The predicted octanol–water partition coefficient (Wildman–Crippen LogP) is 4.39. The summed E-state index contributed by atoms with van der Waals surface area (Å²) in [4.78, 5) is 19.2. The van der Waals surface area contributed by atoms with Gasteiger partial charge in [0.05, 0.1) is 21.0 Å². The van der Waals surface area contributed by atoms with Crippen LogP contribution in [0.3, 0.4) is 0 Å². The first-order chi connectivity index (χ1) is 14.9. The van der Waals surface area contributed by atoms with E-state index in [0.717, 1.165) is 28.2 Å². The maximum atomic E-state index is 12.9. The van der Waals surface area contributed by atoms with Gasteiger partial charge in [-0.3, -0.25) is 9.69 Å². The Balaban J connectivity index is 1.71. The molecule has 1 fully saturated rings. The number of fused-ring (bicyclic) bond motifs is 1. The molecule has 1 aromatic heterocycles. The number of hydrogen-bond acceptors (Lipinski definition) is 5. The molecule has 0 saturated carbocycles. The first-order valence-corrected chi connectivity index (χ1v) is 11.7. The lowest BCUT2D eigenvalue weighted by Gasteiger charge is -2.12. The zero-order chi connectivity index (χ0) is 22.0. The molecule has 8 heteroatoms. The van der Waals surface area contributed by atoms with Crippen LogP contribution in [0.15, 0.2) is 87.5 Å². The van der Waals surface area contributed by atoms with E-state index in [1.165, 1.54) is 23.1 Å². The smallest absolute Gasteiger partial charge is 0.282 e. The molecular formula is C23H19N3O3S2. The molecule has 0 radical (unpaired) electrons. The summed E-state index contributed by atoms with van der Waals surface area (Å²) in [5.74, 6) is -0.335. The quantitative estimate of drug-likeness (QED) is 0.426. The highest BCUT2D eigenvalue weighted by Gasteiger charge is 2.34. The Labute approximate surface area is 185 Å². The summed E-state index contributed by atoms with van der Waals surface area (Å²) in [5, 5.41) is 1.09. The summed E-state index contributed by atoms with van der Waals surface area (Å²) in [6.07, 6.45) is 3.18. The summed E-state index contributed by atoms with van der Waals surface area (Å²) in [7, 11) is -3.96. The Hall–Kier alpha value is -3.23. The minimum absolute atomic E-state index is 0.0748. The molecule has 1 aliphatic rings. The summed E-state index contributed by atoms with van der Waals surface area (Å²) < 4.78 is 29.5. The SMILES string of the molecule is C=CCN1C(=O)/C(=C/c2ccc3ccccc3n2)S/C1=N/S(=O)(=O)c1ccc(C)cc1. The van der Waals surface area contributed by atoms with Crippen LogP contribution in [0, 0.1) is 6.92 Å². The van der Waals surface area contributed by atoms with E-state index >= 15 is 0 Å². The Bertz CT molecular complexity index is 1340. The number of benzene rings is 2. The second-order valence-corrected chi connectivity index (χ2v) is 9.52. The lowest BCUT2D eigenvalue weighted by molar-refractivity contribution is -0.121. The molecule has 0 atom stereocenters. The topological polar surface area (TPSA) is 79.7 Å². The lowest BCUT2D eigenvalue weighted by Crippen LogP contribution is -2.29. The van der Waals surface area contributed by atoms with E-state index < -0.39 is 10.0 Å². The third-order valence-electron chi connectivity index (χ3n) is 4.62. The van der Waals surface area contributed by atoms with E-state index in [9.17, 15) is 13.2 Å². The normalized spacial score (nSPS) is 17.1. The van der Waals surface area contributed by atoms with Gasteiger partial charge in [0.2, 0.25) is 0 Å². The Morgan fingerprint density at radius 3 is 2.58 bits per heavy atom. The van der Waals surface area contributed by atoms with Crippen LogP contribution in [-0.2, 0) is 14.8 Å². The number of nitrogens with zero attached hydrogens (tertiary/aromatic N) is 3. The molecule has 4 rings (SSSR count). The average Bonchev–Trinajstić information content (AvgIpc) is 3.02. The van der Waals surface area contributed by atoms with Crippen LogP contribution >= 0.6 is 11.8 Å². The van der Waals surface area contributed by atoms with Crippen LogP contribution < -0.4 is 0 Å². The molecule has 156 valence electrons. The third kappa shape index (κ3) is 4.45. The Morgan fingerprint density at radius 2 is 1.84 bits per heavy atom. The van der Waals surface area contributed by atoms with Crippen molar-refractivity contribution in [3.05, 3.63) is 89.5 Å². The van der Waals surface area contributed by atoms with E-state index in [-0.39, 0.29) is 22.5 Å². The van der Waals surface area contributed by atoms with Gasteiger partial charge in [-0.2, -0.15) is 8.42 Å². The van der Waals surface area contributed by atoms with E-state index in [2.05, 4.69) is 16.0 Å². The van der Waals surface area contributed by atoms with Gasteiger partial charge in [0.15, 0.2) is 5.17 Å². The first kappa shape index (κ1) is 21.0. The Morgan fingerprint density at radius 1 is 1.10 bits per heavy atom. The molecule has 3 aromatic rings. The van der Waals surface area contributed by atoms with Crippen LogP contribution in [0.25, 0.3) is 17.0 Å². The Kier molecular flexibility index (Phi) is 5.75. The van der Waals surface area contributed by atoms with Gasteiger partial charge >= 0.3 is 0 Å². The van der Waals surface area contributed by atoms with E-state index in [0.29, 0.717) is 10.6 Å². The summed E-state index contributed by atoms with van der Waals surface area (Å²) >= 11 is 1.01. The maximum absolute atomic E-state index is 12.9. The summed E-state index contributed by atoms with van der Waals surface area (Å²) in [5.41, 5.74) is 2.36. The number of pyridine rings is 1. The monoisotopic (exact) mass is 449 g/mol. The highest BCUT2D eigenvalue weighted by molar-refractivity contribution is 8.19. The van der Waals surface area contributed by atoms with Gasteiger partial charge in [0.1, 0.15) is 0 Å². The highest BCUT2D eigenvalue weighted by atomic mass is 32.2. The number of amidine groups is 1. The van der Waals surface area contributed by atoms with Gasteiger partial charge in [-0.15, -0.1) is 11.0 Å². The number of aryl methyl sites for hydroxylation is 1. The second kappa shape index (κ2) is 8.49. The fourth-order valence-corrected chi connectivity index (χ4v) is 5.20. The van der Waals surface area contributed by atoms with Gasteiger partial charge in [-0.25, -0.2) is 4.98 Å². The molecule has 1 amide bonds. The van der Waals surface area contributed by atoms with E-state index in [1.807, 2.05) is 43.3 Å². The zero-order valence-corrected chi connectivity index (χ0v) is 18.4. The fraction of sp³-hybridized carbons (Fsp3) is 0.0870. The number of hydrogen-bond donors (Lipinski definition) is 0. The largest absolute Gasteiger partial charge is 0.284 e. The average molecular weight is 450 g/mol. The van der Waals surface area contributed by atoms with E-state index in [4.69, 9.17) is 0 Å². The van der Waals surface area contributed by atoms with Crippen molar-refractivity contribution >= 4 is 49.8 Å². The molecule has 0 aliphatic carbocycles. The molecule has 0 N–H and O–H groups in total. The summed E-state index contributed by atoms with van der Waals surface area (Å²) in [6.45, 7) is 5.68. The standard InChI is InChI=1S/C23H19N3O3S2/c1-3-14-26-22(27)21(15-18-11-10-17-6-4-5-7-20(17)24-18)30-23(26)25-31(28,29)19-12-8-16(2)9-13-19/h3-13,15H,1,14H2,2H3/b21-15-,25-23+. The lowest BCUT2D eigenvalue weighted by atomic mass is 10.2. The molecule has 0 bridgehead atoms. The number of rotatable bonds is 5. The van der Waals surface area contributed by atoms with E-state index in [1.54, 1.807) is 18.2 Å². The number of para-hydroxylation sites is 1. The highest BCUT2D eigenvalue weighted by Crippen LogP contribution is 2.33. The molecule has 6 nitrogen and oxygen atoms in total. The summed E-state index contributed by atoms with van der Waals surface area (Å²) in [6, 6.07) is 17.9. The first-order valence-electron chi connectivity index (χ1n) is 9.47. The second-order valence-electron chi connectivity index (χ2n) is 6.91. The third-order valence-corrected chi connectivity index (χ3v) is 7.02. The number of aromatic nitrogens is 1. The van der Waals surface area contributed by atoms with Crippen LogP contribution in [0.2, 0.25) is 0 Å². The van der Waals surface area contributed by atoms with Crippen LogP contribution in [-0.4, -0.2) is 35.9 Å². The fourth-order valence-electron chi connectivity index (χ4n) is 3.03. The number of thioether (sulfide) groups is 1. The van der Waals surface area contributed by atoms with Crippen molar-refractivity contribution in [2.75, 3.05) is 6.54 Å². The van der Waals surface area contributed by atoms with Crippen LogP contribution in [0.1, 0.15) is 11.3 Å². The van der Waals surface area contributed by atoms with Crippen molar-refractivity contribution in [1.82, 2.24) is 9.88 Å². The van der Waals surface area contributed by atoms with Crippen molar-refractivity contribution in [2.24, 2.45) is 4.40 Å². The predicted molar refractivity (Wildman–Crippen MR) is 125 cm³/mol. The van der Waals surface area contributed by atoms with Crippen LogP contribution in [0.5, 0.6) is 0 Å².